The van der Waals surface area contributed by atoms with Gasteiger partial charge in [0.05, 0.1) is 18.2 Å². The molecule has 0 aromatic heterocycles. The average molecular weight is 270 g/mol. The van der Waals surface area contributed by atoms with Gasteiger partial charge in [-0.25, -0.2) is 0 Å². The van der Waals surface area contributed by atoms with E-state index in [0.29, 0.717) is 6.04 Å². The normalized spacial score (nSPS) is 23.6. The van der Waals surface area contributed by atoms with Crippen molar-refractivity contribution in [2.45, 2.75) is 25.5 Å². The van der Waals surface area contributed by atoms with Gasteiger partial charge in [0.25, 0.3) is 0 Å². The quantitative estimate of drug-likeness (QED) is 0.847. The van der Waals surface area contributed by atoms with Gasteiger partial charge < -0.3 is 10.1 Å². The van der Waals surface area contributed by atoms with Crippen molar-refractivity contribution >= 4 is 15.9 Å². The molecule has 15 heavy (non-hydrogen) atoms. The Kier molecular flexibility index (Phi) is 2.88. The summed E-state index contributed by atoms with van der Waals surface area (Å²) in [6.45, 7) is 4.96. The summed E-state index contributed by atoms with van der Waals surface area (Å²) in [4.78, 5) is 0. The maximum atomic E-state index is 5.87. The van der Waals surface area contributed by atoms with Crippen molar-refractivity contribution < 1.29 is 4.74 Å². The van der Waals surface area contributed by atoms with Crippen LogP contribution < -0.4 is 5.32 Å². The maximum Gasteiger partial charge on any atom is 0.0879 e. The molecule has 1 aromatic carbocycles. The molecule has 0 fully saturated rings. The number of ether oxygens (including phenoxy) is 1. The zero-order valence-corrected chi connectivity index (χ0v) is 10.9. The zero-order chi connectivity index (χ0) is 11.1. The largest absolute Gasteiger partial charge is 0.369 e. The Hall–Kier alpha value is -0.380. The lowest BCUT2D eigenvalue weighted by Crippen LogP contribution is -2.36. The van der Waals surface area contributed by atoms with Crippen molar-refractivity contribution in [1.82, 2.24) is 5.32 Å². The highest BCUT2D eigenvalue weighted by Gasteiger charge is 2.32. The first kappa shape index (κ1) is 11.1. The van der Waals surface area contributed by atoms with Gasteiger partial charge in [-0.05, 0) is 44.2 Å². The Morgan fingerprint density at radius 1 is 1.47 bits per heavy atom. The predicted octanol–water partition coefficient (Wildman–Crippen LogP) is 2.97. The minimum atomic E-state index is -0.188. The van der Waals surface area contributed by atoms with Gasteiger partial charge in [-0.3, -0.25) is 0 Å². The number of rotatable bonds is 1. The maximum absolute atomic E-state index is 5.87. The molecule has 1 heterocycles. The van der Waals surface area contributed by atoms with Crippen LogP contribution in [0.1, 0.15) is 31.0 Å². The van der Waals surface area contributed by atoms with E-state index in [2.05, 4.69) is 53.3 Å². The molecular weight excluding hydrogens is 254 g/mol. The second-order valence-electron chi connectivity index (χ2n) is 4.39. The summed E-state index contributed by atoms with van der Waals surface area (Å²) in [5, 5.41) is 3.28. The van der Waals surface area contributed by atoms with Gasteiger partial charge >= 0.3 is 0 Å². The minimum absolute atomic E-state index is 0.188. The Labute approximate surface area is 99.1 Å². The molecule has 2 rings (SSSR count). The molecule has 1 aliphatic heterocycles. The zero-order valence-electron chi connectivity index (χ0n) is 9.30. The van der Waals surface area contributed by atoms with Crippen LogP contribution in [-0.4, -0.2) is 13.7 Å². The van der Waals surface area contributed by atoms with Gasteiger partial charge in [-0.15, -0.1) is 0 Å². The summed E-state index contributed by atoms with van der Waals surface area (Å²) >= 11 is 3.51. The van der Waals surface area contributed by atoms with E-state index in [1.807, 2.05) is 7.05 Å². The summed E-state index contributed by atoms with van der Waals surface area (Å²) < 4.78 is 6.97. The van der Waals surface area contributed by atoms with Gasteiger partial charge in [0.1, 0.15) is 0 Å². The number of fused-ring (bicyclic) bond motifs is 1. The molecule has 0 unspecified atom stereocenters. The Morgan fingerprint density at radius 3 is 2.87 bits per heavy atom. The van der Waals surface area contributed by atoms with Crippen LogP contribution in [0.3, 0.4) is 0 Å². The van der Waals surface area contributed by atoms with Crippen LogP contribution in [-0.2, 0) is 10.3 Å². The molecule has 1 aliphatic rings. The number of halogens is 1. The molecule has 0 aliphatic carbocycles. The second-order valence-corrected chi connectivity index (χ2v) is 5.31. The molecule has 0 radical (unpaired) electrons. The number of hydrogen-bond acceptors (Lipinski definition) is 2. The molecule has 0 saturated carbocycles. The molecule has 82 valence electrons. The van der Waals surface area contributed by atoms with Gasteiger partial charge in [0.2, 0.25) is 0 Å². The van der Waals surface area contributed by atoms with Gasteiger partial charge in [0, 0.05) is 4.47 Å². The van der Waals surface area contributed by atoms with Crippen LogP contribution in [0.15, 0.2) is 22.7 Å². The van der Waals surface area contributed by atoms with E-state index in [1.54, 1.807) is 0 Å². The smallest absolute Gasteiger partial charge is 0.0879 e. The second kappa shape index (κ2) is 3.89. The first-order valence-corrected chi connectivity index (χ1v) is 5.95. The standard InChI is InChI=1S/C12H16BrNO/c1-12(2)10-6-8(13)4-5-9(10)11(14-3)7-15-12/h4-6,11,14H,7H2,1-3H3/t11-/m1/s1. The Morgan fingerprint density at radius 2 is 2.20 bits per heavy atom. The van der Waals surface area contributed by atoms with Crippen LogP contribution >= 0.6 is 15.9 Å². The van der Waals surface area contributed by atoms with Crippen LogP contribution in [0.25, 0.3) is 0 Å². The molecule has 1 aromatic rings. The first-order chi connectivity index (χ1) is 7.04. The monoisotopic (exact) mass is 269 g/mol. The van der Waals surface area contributed by atoms with Crippen molar-refractivity contribution in [2.75, 3.05) is 13.7 Å². The molecule has 0 bridgehead atoms. The highest BCUT2D eigenvalue weighted by atomic mass is 79.9. The minimum Gasteiger partial charge on any atom is -0.369 e. The molecule has 0 amide bonds. The van der Waals surface area contributed by atoms with Crippen molar-refractivity contribution in [3.8, 4) is 0 Å². The number of nitrogens with one attached hydrogen (secondary N) is 1. The van der Waals surface area contributed by atoms with Crippen molar-refractivity contribution in [2.24, 2.45) is 0 Å². The fraction of sp³-hybridized carbons (Fsp3) is 0.500. The molecule has 1 N–H and O–H groups in total. The molecule has 1 atom stereocenters. The van der Waals surface area contributed by atoms with Gasteiger partial charge in [0.15, 0.2) is 0 Å². The Bertz CT molecular complexity index is 376. The molecule has 0 spiro atoms. The van der Waals surface area contributed by atoms with Crippen molar-refractivity contribution in [3.63, 3.8) is 0 Å². The number of benzene rings is 1. The third-order valence-electron chi connectivity index (χ3n) is 3.00. The van der Waals surface area contributed by atoms with Gasteiger partial charge in [-0.1, -0.05) is 22.0 Å². The fourth-order valence-electron chi connectivity index (χ4n) is 2.05. The highest BCUT2D eigenvalue weighted by molar-refractivity contribution is 9.10. The van der Waals surface area contributed by atoms with Crippen LogP contribution in [0.4, 0.5) is 0 Å². The predicted molar refractivity (Wildman–Crippen MR) is 64.9 cm³/mol. The van der Waals surface area contributed by atoms with E-state index in [1.165, 1.54) is 11.1 Å². The van der Waals surface area contributed by atoms with E-state index in [4.69, 9.17) is 4.74 Å². The first-order valence-electron chi connectivity index (χ1n) is 5.16. The van der Waals surface area contributed by atoms with E-state index >= 15 is 0 Å². The van der Waals surface area contributed by atoms with Crippen molar-refractivity contribution in [1.29, 1.82) is 0 Å². The van der Waals surface area contributed by atoms with Gasteiger partial charge in [-0.2, -0.15) is 0 Å². The lowest BCUT2D eigenvalue weighted by Gasteiger charge is -2.37. The molecule has 2 nitrogen and oxygen atoms in total. The Balaban J connectivity index is 2.53. The third-order valence-corrected chi connectivity index (χ3v) is 3.49. The van der Waals surface area contributed by atoms with Crippen LogP contribution in [0, 0.1) is 0 Å². The summed E-state index contributed by atoms with van der Waals surface area (Å²) in [5.41, 5.74) is 2.42. The summed E-state index contributed by atoms with van der Waals surface area (Å²) in [6, 6.07) is 6.72. The third kappa shape index (κ3) is 1.96. The van der Waals surface area contributed by atoms with E-state index in [9.17, 15) is 0 Å². The number of hydrogen-bond donors (Lipinski definition) is 1. The average Bonchev–Trinajstić information content (AvgIpc) is 2.19. The van der Waals surface area contributed by atoms with E-state index < -0.39 is 0 Å². The fourth-order valence-corrected chi connectivity index (χ4v) is 2.41. The van der Waals surface area contributed by atoms with E-state index in [0.717, 1.165) is 11.1 Å². The SMILES string of the molecule is CN[C@@H]1COC(C)(C)c2cc(Br)ccc21. The summed E-state index contributed by atoms with van der Waals surface area (Å²) in [5.74, 6) is 0. The highest BCUT2D eigenvalue weighted by Crippen LogP contribution is 2.37. The van der Waals surface area contributed by atoms with E-state index in [-0.39, 0.29) is 5.60 Å². The summed E-state index contributed by atoms with van der Waals surface area (Å²) in [7, 11) is 1.97. The lowest BCUT2D eigenvalue weighted by atomic mass is 9.87. The topological polar surface area (TPSA) is 21.3 Å². The van der Waals surface area contributed by atoms with Crippen LogP contribution in [0.2, 0.25) is 0 Å². The number of likely N-dealkylation sites (N-methyl/N-ethyl adjacent to an activating group) is 1. The molecule has 3 heteroatoms. The summed E-state index contributed by atoms with van der Waals surface area (Å²) in [6.07, 6.45) is 0. The molecular formula is C12H16BrNO. The lowest BCUT2D eigenvalue weighted by molar-refractivity contribution is -0.0462. The van der Waals surface area contributed by atoms with Crippen LogP contribution in [0.5, 0.6) is 0 Å². The van der Waals surface area contributed by atoms with Crippen molar-refractivity contribution in [3.05, 3.63) is 33.8 Å². The molecule has 0 saturated heterocycles.